The molecule has 0 saturated carbocycles. The van der Waals surface area contributed by atoms with E-state index in [1.165, 1.54) is 0 Å². The summed E-state index contributed by atoms with van der Waals surface area (Å²) >= 11 is 0. The van der Waals surface area contributed by atoms with Gasteiger partial charge in [-0.15, -0.1) is 0 Å². The standard InChI is InChI=1S/C7H16O3/c1-5(2)6(3-8)7(10)4-9/h5-10H,3-4H2,1-2H3/t6-,7+/m1/s1. The molecule has 0 aliphatic heterocycles. The summed E-state index contributed by atoms with van der Waals surface area (Å²) in [5.41, 5.74) is 0. The molecule has 3 N–H and O–H groups in total. The highest BCUT2D eigenvalue weighted by atomic mass is 16.3. The minimum absolute atomic E-state index is 0.0700. The Hall–Kier alpha value is -0.120. The van der Waals surface area contributed by atoms with Crippen LogP contribution in [0, 0.1) is 11.8 Å². The first-order chi connectivity index (χ1) is 4.63. The summed E-state index contributed by atoms with van der Waals surface area (Å²) in [7, 11) is 0. The van der Waals surface area contributed by atoms with Crippen molar-refractivity contribution in [3.8, 4) is 0 Å². The van der Waals surface area contributed by atoms with Crippen LogP contribution in [-0.4, -0.2) is 34.6 Å². The van der Waals surface area contributed by atoms with Gasteiger partial charge in [-0.2, -0.15) is 0 Å². The van der Waals surface area contributed by atoms with E-state index in [1.54, 1.807) is 0 Å². The summed E-state index contributed by atoms with van der Waals surface area (Å²) in [5.74, 6) is -0.00264. The Balaban J connectivity index is 3.80. The lowest BCUT2D eigenvalue weighted by atomic mass is 9.91. The quantitative estimate of drug-likeness (QED) is 0.508. The van der Waals surface area contributed by atoms with Gasteiger partial charge in [-0.05, 0) is 5.92 Å². The van der Waals surface area contributed by atoms with Gasteiger partial charge >= 0.3 is 0 Å². The third-order valence-electron chi connectivity index (χ3n) is 1.75. The Morgan fingerprint density at radius 2 is 1.60 bits per heavy atom. The molecule has 0 unspecified atom stereocenters. The molecular weight excluding hydrogens is 132 g/mol. The monoisotopic (exact) mass is 148 g/mol. The second-order valence-electron chi connectivity index (χ2n) is 2.84. The maximum absolute atomic E-state index is 9.08. The summed E-state index contributed by atoms with van der Waals surface area (Å²) < 4.78 is 0. The number of hydrogen-bond acceptors (Lipinski definition) is 3. The fraction of sp³-hybridized carbons (Fsp3) is 1.00. The fourth-order valence-electron chi connectivity index (χ4n) is 0.912. The van der Waals surface area contributed by atoms with Gasteiger partial charge in [0.15, 0.2) is 0 Å². The van der Waals surface area contributed by atoms with Gasteiger partial charge in [0.1, 0.15) is 0 Å². The summed E-state index contributed by atoms with van der Waals surface area (Å²) in [4.78, 5) is 0. The lowest BCUT2D eigenvalue weighted by Gasteiger charge is -2.22. The van der Waals surface area contributed by atoms with Crippen LogP contribution in [0.15, 0.2) is 0 Å². The first-order valence-electron chi connectivity index (χ1n) is 3.53. The minimum Gasteiger partial charge on any atom is -0.396 e. The molecule has 10 heavy (non-hydrogen) atoms. The SMILES string of the molecule is CC(C)[C@@H](CO)[C@@H](O)CO. The minimum atomic E-state index is -0.787. The molecule has 2 atom stereocenters. The lowest BCUT2D eigenvalue weighted by Crippen LogP contribution is -2.31. The fourth-order valence-corrected chi connectivity index (χ4v) is 0.912. The maximum atomic E-state index is 9.08. The highest BCUT2D eigenvalue weighted by Gasteiger charge is 2.20. The van der Waals surface area contributed by atoms with E-state index in [-0.39, 0.29) is 25.0 Å². The number of rotatable bonds is 4. The Kier molecular flexibility index (Phi) is 4.60. The van der Waals surface area contributed by atoms with Crippen molar-refractivity contribution in [3.05, 3.63) is 0 Å². The van der Waals surface area contributed by atoms with Crippen LogP contribution in [0.5, 0.6) is 0 Å². The molecule has 0 aliphatic rings. The molecule has 3 heteroatoms. The average molecular weight is 148 g/mol. The van der Waals surface area contributed by atoms with Crippen molar-refractivity contribution in [2.24, 2.45) is 11.8 Å². The van der Waals surface area contributed by atoms with Gasteiger partial charge in [0.05, 0.1) is 12.7 Å². The van der Waals surface area contributed by atoms with E-state index in [4.69, 9.17) is 15.3 Å². The lowest BCUT2D eigenvalue weighted by molar-refractivity contribution is 0.00345. The van der Waals surface area contributed by atoms with E-state index in [0.29, 0.717) is 0 Å². The molecule has 0 saturated heterocycles. The van der Waals surface area contributed by atoms with Crippen LogP contribution < -0.4 is 0 Å². The van der Waals surface area contributed by atoms with Gasteiger partial charge in [0.2, 0.25) is 0 Å². The molecule has 0 aromatic heterocycles. The Morgan fingerprint density at radius 3 is 1.70 bits per heavy atom. The summed E-state index contributed by atoms with van der Waals surface area (Å²) in [6, 6.07) is 0. The van der Waals surface area contributed by atoms with Crippen molar-refractivity contribution in [2.75, 3.05) is 13.2 Å². The van der Waals surface area contributed by atoms with Crippen LogP contribution in [0.3, 0.4) is 0 Å². The van der Waals surface area contributed by atoms with Gasteiger partial charge in [-0.1, -0.05) is 13.8 Å². The van der Waals surface area contributed by atoms with Crippen LogP contribution >= 0.6 is 0 Å². The van der Waals surface area contributed by atoms with Crippen LogP contribution in [0.1, 0.15) is 13.8 Å². The maximum Gasteiger partial charge on any atom is 0.0823 e. The molecule has 0 rings (SSSR count). The molecule has 0 heterocycles. The Morgan fingerprint density at radius 1 is 1.10 bits per heavy atom. The predicted molar refractivity (Wildman–Crippen MR) is 38.5 cm³/mol. The van der Waals surface area contributed by atoms with Crippen molar-refractivity contribution in [1.82, 2.24) is 0 Å². The molecule has 62 valence electrons. The molecule has 0 amide bonds. The molecule has 0 radical (unpaired) electrons. The van der Waals surface area contributed by atoms with Crippen molar-refractivity contribution >= 4 is 0 Å². The first kappa shape index (κ1) is 9.88. The summed E-state index contributed by atoms with van der Waals surface area (Å²) in [5, 5.41) is 26.3. The summed E-state index contributed by atoms with van der Waals surface area (Å²) in [6.45, 7) is 3.46. The van der Waals surface area contributed by atoms with Gasteiger partial charge < -0.3 is 15.3 Å². The third kappa shape index (κ3) is 2.64. The number of hydrogen-bond donors (Lipinski definition) is 3. The average Bonchev–Trinajstić information content (AvgIpc) is 1.88. The van der Waals surface area contributed by atoms with E-state index in [1.807, 2.05) is 13.8 Å². The van der Waals surface area contributed by atoms with Crippen LogP contribution in [-0.2, 0) is 0 Å². The van der Waals surface area contributed by atoms with Crippen molar-refractivity contribution in [1.29, 1.82) is 0 Å². The highest BCUT2D eigenvalue weighted by Crippen LogP contribution is 2.13. The van der Waals surface area contributed by atoms with E-state index in [0.717, 1.165) is 0 Å². The smallest absolute Gasteiger partial charge is 0.0823 e. The normalized spacial score (nSPS) is 17.4. The molecule has 0 fully saturated rings. The molecule has 0 aromatic rings. The van der Waals surface area contributed by atoms with Crippen LogP contribution in [0.4, 0.5) is 0 Å². The molecular formula is C7H16O3. The van der Waals surface area contributed by atoms with Crippen LogP contribution in [0.25, 0.3) is 0 Å². The molecule has 3 nitrogen and oxygen atoms in total. The Bertz CT molecular complexity index is 82.9. The van der Waals surface area contributed by atoms with E-state index >= 15 is 0 Å². The highest BCUT2D eigenvalue weighted by molar-refractivity contribution is 4.69. The zero-order chi connectivity index (χ0) is 8.15. The molecule has 0 aromatic carbocycles. The van der Waals surface area contributed by atoms with Crippen molar-refractivity contribution in [2.45, 2.75) is 20.0 Å². The van der Waals surface area contributed by atoms with E-state index in [2.05, 4.69) is 0 Å². The molecule has 0 aliphatic carbocycles. The molecule has 0 spiro atoms. The van der Waals surface area contributed by atoms with Crippen LogP contribution in [0.2, 0.25) is 0 Å². The van der Waals surface area contributed by atoms with Crippen molar-refractivity contribution < 1.29 is 15.3 Å². The number of aliphatic hydroxyl groups is 3. The van der Waals surface area contributed by atoms with Crippen molar-refractivity contribution in [3.63, 3.8) is 0 Å². The second kappa shape index (κ2) is 4.66. The number of aliphatic hydroxyl groups excluding tert-OH is 3. The largest absolute Gasteiger partial charge is 0.396 e. The van der Waals surface area contributed by atoms with Gasteiger partial charge in [-0.25, -0.2) is 0 Å². The van der Waals surface area contributed by atoms with Gasteiger partial charge in [-0.3, -0.25) is 0 Å². The third-order valence-corrected chi connectivity index (χ3v) is 1.75. The van der Waals surface area contributed by atoms with Gasteiger partial charge in [0.25, 0.3) is 0 Å². The van der Waals surface area contributed by atoms with Gasteiger partial charge in [0, 0.05) is 12.5 Å². The first-order valence-corrected chi connectivity index (χ1v) is 3.53. The van der Waals surface area contributed by atoms with E-state index in [9.17, 15) is 0 Å². The predicted octanol–water partition coefficient (Wildman–Crippen LogP) is -0.396. The summed E-state index contributed by atoms with van der Waals surface area (Å²) in [6.07, 6.45) is -0.787. The Labute approximate surface area is 61.3 Å². The zero-order valence-corrected chi connectivity index (χ0v) is 6.49. The second-order valence-corrected chi connectivity index (χ2v) is 2.84. The molecule has 0 bridgehead atoms. The van der Waals surface area contributed by atoms with E-state index < -0.39 is 6.10 Å². The topological polar surface area (TPSA) is 60.7 Å². The zero-order valence-electron chi connectivity index (χ0n) is 6.49.